The van der Waals surface area contributed by atoms with Gasteiger partial charge in [-0.1, -0.05) is 0 Å². The predicted molar refractivity (Wildman–Crippen MR) is 86.8 cm³/mol. The first kappa shape index (κ1) is 14.6. The van der Waals surface area contributed by atoms with Gasteiger partial charge in [-0.2, -0.15) is 5.10 Å². The number of amides is 1. The molecular weight excluding hydrogens is 308 g/mol. The zero-order chi connectivity index (χ0) is 16.7. The first-order valence-corrected chi connectivity index (χ1v) is 7.82. The van der Waals surface area contributed by atoms with Gasteiger partial charge in [0, 0.05) is 51.8 Å². The van der Waals surface area contributed by atoms with Crippen LogP contribution in [0.4, 0.5) is 5.82 Å². The summed E-state index contributed by atoms with van der Waals surface area (Å²) in [5.74, 6) is 1.66. The molecule has 1 saturated heterocycles. The summed E-state index contributed by atoms with van der Waals surface area (Å²) in [6.45, 7) is 4.62. The number of aromatic nitrogens is 6. The van der Waals surface area contributed by atoms with Gasteiger partial charge in [0.15, 0.2) is 5.82 Å². The molecule has 1 aliphatic rings. The topological polar surface area (TPSA) is 84.5 Å². The van der Waals surface area contributed by atoms with Gasteiger partial charge in [-0.15, -0.1) is 10.2 Å². The van der Waals surface area contributed by atoms with E-state index in [0.29, 0.717) is 31.7 Å². The molecule has 0 saturated carbocycles. The molecule has 4 heterocycles. The lowest BCUT2D eigenvalue weighted by Gasteiger charge is -2.35. The number of nitrogens with zero attached hydrogens (tertiary/aromatic N) is 8. The van der Waals surface area contributed by atoms with E-state index in [-0.39, 0.29) is 5.91 Å². The van der Waals surface area contributed by atoms with Crippen molar-refractivity contribution in [2.75, 3.05) is 31.1 Å². The molecule has 1 aliphatic heterocycles. The van der Waals surface area contributed by atoms with Gasteiger partial charge in [0.2, 0.25) is 5.65 Å². The fraction of sp³-hybridized carbons (Fsp3) is 0.400. The number of carbonyl (C=O) groups is 1. The highest BCUT2D eigenvalue weighted by atomic mass is 16.2. The summed E-state index contributed by atoms with van der Waals surface area (Å²) in [6, 6.07) is 0. The lowest BCUT2D eigenvalue weighted by molar-refractivity contribution is 0.0746. The molecule has 0 bridgehead atoms. The summed E-state index contributed by atoms with van der Waals surface area (Å²) < 4.78 is 3.57. The Morgan fingerprint density at radius 2 is 1.96 bits per heavy atom. The van der Waals surface area contributed by atoms with E-state index < -0.39 is 0 Å². The number of anilines is 1. The summed E-state index contributed by atoms with van der Waals surface area (Å²) in [5, 5.41) is 12.4. The summed E-state index contributed by atoms with van der Waals surface area (Å²) in [7, 11) is 1.81. The number of piperazine rings is 1. The second kappa shape index (κ2) is 5.59. The Labute approximate surface area is 138 Å². The smallest absolute Gasteiger partial charge is 0.257 e. The maximum atomic E-state index is 12.5. The van der Waals surface area contributed by atoms with Crippen LogP contribution in [0.2, 0.25) is 0 Å². The third-order valence-corrected chi connectivity index (χ3v) is 4.30. The maximum Gasteiger partial charge on any atom is 0.257 e. The van der Waals surface area contributed by atoms with Gasteiger partial charge in [0.05, 0.1) is 11.8 Å². The number of aryl methyl sites for hydroxylation is 2. The molecule has 3 aromatic rings. The van der Waals surface area contributed by atoms with E-state index in [4.69, 9.17) is 0 Å². The lowest BCUT2D eigenvalue weighted by atomic mass is 10.2. The van der Waals surface area contributed by atoms with Gasteiger partial charge in [0.1, 0.15) is 5.82 Å². The van der Waals surface area contributed by atoms with Crippen molar-refractivity contribution in [2.45, 2.75) is 6.92 Å². The molecule has 3 aromatic heterocycles. The Morgan fingerprint density at radius 1 is 1.17 bits per heavy atom. The number of carbonyl (C=O) groups excluding carboxylic acids is 1. The van der Waals surface area contributed by atoms with Crippen molar-refractivity contribution in [1.29, 1.82) is 0 Å². The molecular formula is C15H18N8O. The van der Waals surface area contributed by atoms with E-state index in [0.717, 1.165) is 17.3 Å². The van der Waals surface area contributed by atoms with E-state index in [1.165, 1.54) is 0 Å². The summed E-state index contributed by atoms with van der Waals surface area (Å²) in [6.07, 6.45) is 6.97. The van der Waals surface area contributed by atoms with Crippen molar-refractivity contribution >= 4 is 17.4 Å². The van der Waals surface area contributed by atoms with Gasteiger partial charge >= 0.3 is 0 Å². The van der Waals surface area contributed by atoms with Gasteiger partial charge in [0.25, 0.3) is 5.91 Å². The van der Waals surface area contributed by atoms with Crippen LogP contribution in [-0.2, 0) is 7.05 Å². The van der Waals surface area contributed by atoms with Crippen molar-refractivity contribution in [3.05, 3.63) is 36.2 Å². The van der Waals surface area contributed by atoms with Crippen molar-refractivity contribution in [3.63, 3.8) is 0 Å². The normalized spacial score (nSPS) is 15.2. The SMILES string of the molecule is Cc1nnc2c(N3CCN(C(=O)c4cnn(C)c4)CC3)nccn12. The monoisotopic (exact) mass is 326 g/mol. The van der Waals surface area contributed by atoms with E-state index in [9.17, 15) is 4.79 Å². The van der Waals surface area contributed by atoms with E-state index in [1.807, 2.05) is 29.5 Å². The van der Waals surface area contributed by atoms with Crippen LogP contribution >= 0.6 is 0 Å². The molecule has 0 atom stereocenters. The molecule has 1 fully saturated rings. The number of hydrogen-bond donors (Lipinski definition) is 0. The zero-order valence-corrected chi connectivity index (χ0v) is 13.6. The van der Waals surface area contributed by atoms with Crippen LogP contribution in [0.1, 0.15) is 16.2 Å². The molecule has 0 unspecified atom stereocenters. The van der Waals surface area contributed by atoms with Crippen molar-refractivity contribution in [2.24, 2.45) is 7.05 Å². The van der Waals surface area contributed by atoms with Crippen LogP contribution in [0.15, 0.2) is 24.8 Å². The Hall–Kier alpha value is -2.97. The lowest BCUT2D eigenvalue weighted by Crippen LogP contribution is -2.49. The molecule has 0 aliphatic carbocycles. The van der Waals surface area contributed by atoms with E-state index in [1.54, 1.807) is 23.3 Å². The zero-order valence-electron chi connectivity index (χ0n) is 13.6. The second-order valence-electron chi connectivity index (χ2n) is 5.87. The van der Waals surface area contributed by atoms with Gasteiger partial charge in [-0.25, -0.2) is 4.98 Å². The number of fused-ring (bicyclic) bond motifs is 1. The van der Waals surface area contributed by atoms with Crippen molar-refractivity contribution in [3.8, 4) is 0 Å². The molecule has 9 nitrogen and oxygen atoms in total. The van der Waals surface area contributed by atoms with Crippen LogP contribution in [0.3, 0.4) is 0 Å². The third kappa shape index (κ3) is 2.38. The number of hydrogen-bond acceptors (Lipinski definition) is 6. The fourth-order valence-corrected chi connectivity index (χ4v) is 2.99. The van der Waals surface area contributed by atoms with Crippen molar-refractivity contribution < 1.29 is 4.79 Å². The highest BCUT2D eigenvalue weighted by molar-refractivity contribution is 5.93. The minimum atomic E-state index is 0.0206. The van der Waals surface area contributed by atoms with Crippen LogP contribution in [0, 0.1) is 6.92 Å². The Bertz CT molecular complexity index is 890. The molecule has 1 amide bonds. The summed E-state index contributed by atoms with van der Waals surface area (Å²) in [5.41, 5.74) is 1.38. The molecule has 0 spiro atoms. The van der Waals surface area contributed by atoms with E-state index in [2.05, 4.69) is 25.2 Å². The molecule has 0 aromatic carbocycles. The van der Waals surface area contributed by atoms with Crippen LogP contribution < -0.4 is 4.90 Å². The quantitative estimate of drug-likeness (QED) is 0.665. The van der Waals surface area contributed by atoms with Gasteiger partial charge in [-0.3, -0.25) is 13.9 Å². The molecule has 4 rings (SSSR count). The van der Waals surface area contributed by atoms with E-state index >= 15 is 0 Å². The minimum Gasteiger partial charge on any atom is -0.350 e. The van der Waals surface area contributed by atoms with Gasteiger partial charge in [-0.05, 0) is 6.92 Å². The maximum absolute atomic E-state index is 12.5. The van der Waals surface area contributed by atoms with Crippen molar-refractivity contribution in [1.82, 2.24) is 34.3 Å². The highest BCUT2D eigenvalue weighted by Crippen LogP contribution is 2.19. The molecule has 0 N–H and O–H groups in total. The summed E-state index contributed by atoms with van der Waals surface area (Å²) >= 11 is 0. The Balaban J connectivity index is 1.50. The Morgan fingerprint density at radius 3 is 2.67 bits per heavy atom. The average Bonchev–Trinajstić information content (AvgIpc) is 3.21. The number of rotatable bonds is 2. The van der Waals surface area contributed by atoms with Crippen LogP contribution in [0.25, 0.3) is 5.65 Å². The average molecular weight is 326 g/mol. The standard InChI is InChI=1S/C15H18N8O/c1-11-18-19-14-13(16-3-4-23(11)14)21-5-7-22(8-6-21)15(24)12-9-17-20(2)10-12/h3-4,9-10H,5-8H2,1-2H3. The molecule has 24 heavy (non-hydrogen) atoms. The highest BCUT2D eigenvalue weighted by Gasteiger charge is 2.25. The third-order valence-electron chi connectivity index (χ3n) is 4.30. The predicted octanol–water partition coefficient (Wildman–Crippen LogP) is 0.129. The summed E-state index contributed by atoms with van der Waals surface area (Å²) in [4.78, 5) is 20.9. The van der Waals surface area contributed by atoms with Crippen LogP contribution in [0.5, 0.6) is 0 Å². The minimum absolute atomic E-state index is 0.0206. The second-order valence-corrected chi connectivity index (χ2v) is 5.87. The largest absolute Gasteiger partial charge is 0.350 e. The molecule has 9 heteroatoms. The fourth-order valence-electron chi connectivity index (χ4n) is 2.99. The van der Waals surface area contributed by atoms with Crippen LogP contribution in [-0.4, -0.2) is 66.3 Å². The molecule has 124 valence electrons. The Kier molecular flexibility index (Phi) is 3.40. The molecule has 0 radical (unpaired) electrons. The first-order valence-electron chi connectivity index (χ1n) is 7.82. The first-order chi connectivity index (χ1) is 11.6. The van der Waals surface area contributed by atoms with Gasteiger partial charge < -0.3 is 9.80 Å².